The normalized spacial score (nSPS) is 24.1. The number of nitrogens with zero attached hydrogens (tertiary/aromatic N) is 1. The highest BCUT2D eigenvalue weighted by atomic mass is 32.2. The van der Waals surface area contributed by atoms with Crippen LogP contribution in [0.25, 0.3) is 0 Å². The van der Waals surface area contributed by atoms with Gasteiger partial charge in [-0.25, -0.2) is 4.79 Å². The number of carbonyl (C=O) groups is 2. The molecule has 1 aliphatic carbocycles. The summed E-state index contributed by atoms with van der Waals surface area (Å²) < 4.78 is 0. The molecule has 0 fully saturated rings. The first kappa shape index (κ1) is 25.6. The van der Waals surface area contributed by atoms with Crippen molar-refractivity contribution in [3.63, 3.8) is 0 Å². The van der Waals surface area contributed by atoms with Gasteiger partial charge in [0.15, 0.2) is 0 Å². The second-order valence-corrected chi connectivity index (χ2v) is 10.5. The lowest BCUT2D eigenvalue weighted by Gasteiger charge is -2.48. The van der Waals surface area contributed by atoms with Crippen molar-refractivity contribution in [3.05, 3.63) is 34.4 Å². The molecule has 174 valence electrons. The summed E-state index contributed by atoms with van der Waals surface area (Å²) in [5.41, 5.74) is 2.22. The van der Waals surface area contributed by atoms with Gasteiger partial charge in [0.05, 0.1) is 12.0 Å². The summed E-state index contributed by atoms with van der Waals surface area (Å²) >= 11 is 1.96. The Bertz CT molecular complexity index is 754. The van der Waals surface area contributed by atoms with Crippen molar-refractivity contribution in [2.24, 2.45) is 17.8 Å². The number of hydrogen-bond acceptors (Lipinski definition) is 3. The summed E-state index contributed by atoms with van der Waals surface area (Å²) in [5, 5.41) is 12.4. The first-order valence-electron chi connectivity index (χ1n) is 11.7. The topological polar surface area (TPSA) is 69.6 Å². The summed E-state index contributed by atoms with van der Waals surface area (Å²) in [4.78, 5) is 26.9. The third-order valence-electron chi connectivity index (χ3n) is 6.45. The van der Waals surface area contributed by atoms with E-state index in [1.54, 1.807) is 0 Å². The van der Waals surface area contributed by atoms with Gasteiger partial charge in [-0.2, -0.15) is 0 Å². The molecular weight excluding hydrogens is 408 g/mol. The van der Waals surface area contributed by atoms with Crippen LogP contribution in [0.4, 0.5) is 4.79 Å². The number of thioether (sulfide) groups is 1. The zero-order valence-electron chi connectivity index (χ0n) is 20.0. The number of nitrogens with one attached hydrogen (secondary N) is 1. The van der Waals surface area contributed by atoms with Gasteiger partial charge in [0.1, 0.15) is 0 Å². The van der Waals surface area contributed by atoms with E-state index in [4.69, 9.17) is 5.11 Å². The predicted octanol–water partition coefficient (Wildman–Crippen LogP) is 6.19. The molecule has 6 heteroatoms. The number of rotatable bonds is 11. The van der Waals surface area contributed by atoms with Gasteiger partial charge in [0, 0.05) is 23.6 Å². The molecule has 2 N–H and O–H groups in total. The minimum atomic E-state index is -0.893. The van der Waals surface area contributed by atoms with Crippen LogP contribution < -0.4 is 5.32 Å². The molecule has 31 heavy (non-hydrogen) atoms. The molecule has 1 heterocycles. The van der Waals surface area contributed by atoms with Gasteiger partial charge in [0.25, 0.3) is 0 Å². The van der Waals surface area contributed by atoms with Crippen molar-refractivity contribution in [3.8, 4) is 0 Å². The molecule has 2 rings (SSSR count). The van der Waals surface area contributed by atoms with E-state index in [-0.39, 0.29) is 30.8 Å². The summed E-state index contributed by atoms with van der Waals surface area (Å²) in [6.07, 6.45) is 10.4. The summed E-state index contributed by atoms with van der Waals surface area (Å²) in [5.74, 6) is 1.40. The van der Waals surface area contributed by atoms with Crippen LogP contribution in [0.2, 0.25) is 0 Å². The first-order valence-corrected chi connectivity index (χ1v) is 12.7. The third kappa shape index (κ3) is 6.18. The SMILES string of the molecule is CCC1=C(SCCC(C)C)C=CC([C@]2(CC)NC(=O)N(CCC(=O)O)C=C2C(C)C)C1. The Hall–Kier alpha value is -1.69. The van der Waals surface area contributed by atoms with E-state index < -0.39 is 11.5 Å². The molecule has 0 spiro atoms. The Morgan fingerprint density at radius 1 is 1.32 bits per heavy atom. The molecule has 0 bridgehead atoms. The minimum absolute atomic E-state index is 0.0581. The van der Waals surface area contributed by atoms with Gasteiger partial charge in [-0.05, 0) is 48.8 Å². The van der Waals surface area contributed by atoms with Gasteiger partial charge in [-0.15, -0.1) is 11.8 Å². The molecule has 5 nitrogen and oxygen atoms in total. The number of aliphatic carboxylic acids is 1. The molecule has 2 atom stereocenters. The lowest BCUT2D eigenvalue weighted by atomic mass is 9.68. The van der Waals surface area contributed by atoms with E-state index in [2.05, 4.69) is 59.0 Å². The van der Waals surface area contributed by atoms with Crippen molar-refractivity contribution in [1.82, 2.24) is 10.2 Å². The Morgan fingerprint density at radius 3 is 2.58 bits per heavy atom. The van der Waals surface area contributed by atoms with E-state index in [0.29, 0.717) is 5.92 Å². The number of hydrogen-bond donors (Lipinski definition) is 2. The zero-order chi connectivity index (χ0) is 23.2. The standard InChI is InChI=1S/C25H40N2O3S/c1-7-19-15-20(9-10-22(19)31-14-12-17(3)4)25(8-2)21(18(5)6)16-27(24(30)26-25)13-11-23(28)29/h9-10,16-18,20H,7-8,11-15H2,1-6H3,(H,26,30)(H,28,29)/t20?,25-/m0/s1. The molecule has 1 aliphatic heterocycles. The van der Waals surface area contributed by atoms with Crippen LogP contribution in [0.1, 0.15) is 73.6 Å². The molecule has 0 saturated carbocycles. The second kappa shape index (κ2) is 11.3. The van der Waals surface area contributed by atoms with Crippen molar-refractivity contribution in [1.29, 1.82) is 0 Å². The number of carboxylic acid groups (broad SMARTS) is 1. The predicted molar refractivity (Wildman–Crippen MR) is 130 cm³/mol. The quantitative estimate of drug-likeness (QED) is 0.395. The molecular formula is C25H40N2O3S. The van der Waals surface area contributed by atoms with Crippen molar-refractivity contribution >= 4 is 23.8 Å². The first-order chi connectivity index (χ1) is 14.6. The lowest BCUT2D eigenvalue weighted by molar-refractivity contribution is -0.137. The minimum Gasteiger partial charge on any atom is -0.481 e. The van der Waals surface area contributed by atoms with Gasteiger partial charge in [-0.3, -0.25) is 4.79 Å². The van der Waals surface area contributed by atoms with Crippen LogP contribution >= 0.6 is 11.8 Å². The van der Waals surface area contributed by atoms with E-state index in [1.807, 2.05) is 18.0 Å². The number of urea groups is 1. The molecule has 2 aliphatic rings. The summed E-state index contributed by atoms with van der Waals surface area (Å²) in [7, 11) is 0. The largest absolute Gasteiger partial charge is 0.481 e. The monoisotopic (exact) mass is 448 g/mol. The zero-order valence-corrected chi connectivity index (χ0v) is 20.8. The van der Waals surface area contributed by atoms with Crippen LogP contribution in [0.3, 0.4) is 0 Å². The van der Waals surface area contributed by atoms with Crippen LogP contribution in [0.15, 0.2) is 34.4 Å². The molecule has 1 unspecified atom stereocenters. The average molecular weight is 449 g/mol. The van der Waals surface area contributed by atoms with Crippen molar-refractivity contribution in [2.45, 2.75) is 79.2 Å². The Labute approximate surface area is 192 Å². The molecule has 0 radical (unpaired) electrons. The van der Waals surface area contributed by atoms with Gasteiger partial charge in [0.2, 0.25) is 0 Å². The van der Waals surface area contributed by atoms with Crippen LogP contribution in [0, 0.1) is 17.8 Å². The van der Waals surface area contributed by atoms with E-state index in [9.17, 15) is 9.59 Å². The number of carbonyl (C=O) groups excluding carboxylic acids is 1. The number of amides is 2. The highest BCUT2D eigenvalue weighted by Gasteiger charge is 2.46. The maximum atomic E-state index is 12.9. The van der Waals surface area contributed by atoms with Crippen molar-refractivity contribution in [2.75, 3.05) is 12.3 Å². The molecule has 0 aromatic rings. The van der Waals surface area contributed by atoms with Gasteiger partial charge < -0.3 is 15.3 Å². The van der Waals surface area contributed by atoms with E-state index in [0.717, 1.165) is 25.0 Å². The van der Waals surface area contributed by atoms with Crippen molar-refractivity contribution < 1.29 is 14.7 Å². The van der Waals surface area contributed by atoms with E-state index in [1.165, 1.54) is 27.4 Å². The Morgan fingerprint density at radius 2 is 2.03 bits per heavy atom. The highest BCUT2D eigenvalue weighted by molar-refractivity contribution is 8.03. The van der Waals surface area contributed by atoms with Gasteiger partial charge in [-0.1, -0.05) is 59.3 Å². The maximum absolute atomic E-state index is 12.9. The van der Waals surface area contributed by atoms with Crippen LogP contribution in [-0.4, -0.2) is 39.8 Å². The Balaban J connectivity index is 2.30. The fourth-order valence-electron chi connectivity index (χ4n) is 4.55. The van der Waals surface area contributed by atoms with Gasteiger partial charge >= 0.3 is 12.0 Å². The fraction of sp³-hybridized carbons (Fsp3) is 0.680. The number of allylic oxidation sites excluding steroid dienone is 2. The maximum Gasteiger partial charge on any atom is 0.322 e. The second-order valence-electron chi connectivity index (χ2n) is 9.35. The fourth-order valence-corrected chi connectivity index (χ4v) is 5.97. The molecule has 2 amide bonds. The van der Waals surface area contributed by atoms with Crippen LogP contribution in [0.5, 0.6) is 0 Å². The highest BCUT2D eigenvalue weighted by Crippen LogP contribution is 2.44. The van der Waals surface area contributed by atoms with Crippen LogP contribution in [-0.2, 0) is 4.79 Å². The smallest absolute Gasteiger partial charge is 0.322 e. The molecule has 0 saturated heterocycles. The lowest BCUT2D eigenvalue weighted by Crippen LogP contribution is -2.61. The summed E-state index contributed by atoms with van der Waals surface area (Å²) in [6, 6.07) is -0.194. The molecule has 0 aromatic heterocycles. The third-order valence-corrected chi connectivity index (χ3v) is 7.63. The summed E-state index contributed by atoms with van der Waals surface area (Å²) in [6.45, 7) is 13.4. The average Bonchev–Trinajstić information content (AvgIpc) is 2.72. The number of carboxylic acids is 1. The van der Waals surface area contributed by atoms with E-state index >= 15 is 0 Å². The molecule has 0 aromatic carbocycles. The Kier molecular flexibility index (Phi) is 9.28.